The zero-order valence-electron chi connectivity index (χ0n) is 10.1. The van der Waals surface area contributed by atoms with E-state index in [-0.39, 0.29) is 0 Å². The molecule has 15 heavy (non-hydrogen) atoms. The van der Waals surface area contributed by atoms with Gasteiger partial charge in [0.2, 0.25) is 0 Å². The van der Waals surface area contributed by atoms with E-state index in [2.05, 4.69) is 11.8 Å². The van der Waals surface area contributed by atoms with Gasteiger partial charge in [-0.3, -0.25) is 4.90 Å². The lowest BCUT2D eigenvalue weighted by Crippen LogP contribution is -2.42. The molecule has 1 unspecified atom stereocenters. The summed E-state index contributed by atoms with van der Waals surface area (Å²) in [6.45, 7) is 5.79. The minimum Gasteiger partial charge on any atom is -0.329 e. The van der Waals surface area contributed by atoms with Gasteiger partial charge < -0.3 is 5.73 Å². The second kappa shape index (κ2) is 5.31. The maximum absolute atomic E-state index is 5.91. The molecule has 1 atom stereocenters. The first kappa shape index (κ1) is 11.4. The van der Waals surface area contributed by atoms with Crippen LogP contribution in [-0.4, -0.2) is 30.6 Å². The zero-order chi connectivity index (χ0) is 10.7. The fraction of sp³-hybridized carbons (Fsp3) is 1.00. The summed E-state index contributed by atoms with van der Waals surface area (Å²) in [7, 11) is 0. The Morgan fingerprint density at radius 2 is 1.67 bits per heavy atom. The molecule has 0 heterocycles. The van der Waals surface area contributed by atoms with Crippen molar-refractivity contribution in [3.63, 3.8) is 0 Å². The maximum Gasteiger partial charge on any atom is 0.0218 e. The average molecular weight is 210 g/mol. The van der Waals surface area contributed by atoms with Crippen LogP contribution in [0, 0.1) is 11.8 Å². The van der Waals surface area contributed by atoms with Crippen LogP contribution in [0.1, 0.15) is 45.4 Å². The Balaban J connectivity index is 1.81. The Morgan fingerprint density at radius 3 is 2.00 bits per heavy atom. The smallest absolute Gasteiger partial charge is 0.0218 e. The van der Waals surface area contributed by atoms with E-state index in [1.54, 1.807) is 0 Å². The fourth-order valence-corrected chi connectivity index (χ4v) is 2.42. The summed E-state index contributed by atoms with van der Waals surface area (Å²) in [6, 6.07) is 0.663. The first-order valence-electron chi connectivity index (χ1n) is 6.77. The minimum absolute atomic E-state index is 0.663. The Bertz CT molecular complexity index is 171. The van der Waals surface area contributed by atoms with Crippen molar-refractivity contribution < 1.29 is 0 Å². The molecule has 2 nitrogen and oxygen atoms in total. The van der Waals surface area contributed by atoms with Crippen LogP contribution >= 0.6 is 0 Å². The first-order chi connectivity index (χ1) is 7.33. The monoisotopic (exact) mass is 210 g/mol. The topological polar surface area (TPSA) is 29.3 Å². The molecule has 2 saturated carbocycles. The number of rotatable bonds is 8. The molecule has 2 aliphatic rings. The molecule has 0 aromatic carbocycles. The van der Waals surface area contributed by atoms with Gasteiger partial charge in [0.05, 0.1) is 0 Å². The molecule has 0 spiro atoms. The fourth-order valence-electron chi connectivity index (χ4n) is 2.42. The normalized spacial score (nSPS) is 23.4. The summed E-state index contributed by atoms with van der Waals surface area (Å²) in [6.07, 6.45) is 8.41. The lowest BCUT2D eigenvalue weighted by atomic mass is 10.1. The molecular formula is C13H26N2. The van der Waals surface area contributed by atoms with E-state index in [0.29, 0.717) is 6.04 Å². The van der Waals surface area contributed by atoms with Crippen molar-refractivity contribution in [2.75, 3.05) is 19.6 Å². The summed E-state index contributed by atoms with van der Waals surface area (Å²) in [5, 5.41) is 0. The largest absolute Gasteiger partial charge is 0.329 e. The number of hydrogen-bond donors (Lipinski definition) is 1. The van der Waals surface area contributed by atoms with Gasteiger partial charge in [0.1, 0.15) is 0 Å². The summed E-state index contributed by atoms with van der Waals surface area (Å²) in [5.41, 5.74) is 5.91. The van der Waals surface area contributed by atoms with Gasteiger partial charge in [0.25, 0.3) is 0 Å². The average Bonchev–Trinajstić information content (AvgIpc) is 3.07. The molecule has 0 saturated heterocycles. The van der Waals surface area contributed by atoms with Gasteiger partial charge in [-0.25, -0.2) is 0 Å². The van der Waals surface area contributed by atoms with Gasteiger partial charge in [0.15, 0.2) is 0 Å². The predicted molar refractivity (Wildman–Crippen MR) is 64.8 cm³/mol. The van der Waals surface area contributed by atoms with Crippen LogP contribution in [0.15, 0.2) is 0 Å². The van der Waals surface area contributed by atoms with E-state index in [9.17, 15) is 0 Å². The predicted octanol–water partition coefficient (Wildman–Crippen LogP) is 2.24. The second-order valence-corrected chi connectivity index (χ2v) is 5.52. The second-order valence-electron chi connectivity index (χ2n) is 5.52. The van der Waals surface area contributed by atoms with Crippen LogP contribution in [0.25, 0.3) is 0 Å². The lowest BCUT2D eigenvalue weighted by molar-refractivity contribution is 0.174. The molecular weight excluding hydrogens is 184 g/mol. The molecule has 2 N–H and O–H groups in total. The molecule has 0 amide bonds. The highest BCUT2D eigenvalue weighted by molar-refractivity contribution is 4.85. The molecule has 0 aliphatic heterocycles. The quantitative estimate of drug-likeness (QED) is 0.666. The van der Waals surface area contributed by atoms with E-state index in [4.69, 9.17) is 5.73 Å². The molecule has 0 aromatic rings. The van der Waals surface area contributed by atoms with E-state index in [1.165, 1.54) is 51.6 Å². The van der Waals surface area contributed by atoms with Gasteiger partial charge in [-0.2, -0.15) is 0 Å². The number of hydrogen-bond acceptors (Lipinski definition) is 2. The third kappa shape index (κ3) is 3.76. The SMILES string of the molecule is CCCC(CN)N(CC1CC1)CC1CC1. The molecule has 2 heteroatoms. The highest BCUT2D eigenvalue weighted by atomic mass is 15.2. The standard InChI is InChI=1S/C13H26N2/c1-2-3-13(8-14)15(9-11-4-5-11)10-12-6-7-12/h11-13H,2-10,14H2,1H3. The molecule has 0 radical (unpaired) electrons. The first-order valence-corrected chi connectivity index (χ1v) is 6.77. The molecule has 0 bridgehead atoms. The summed E-state index contributed by atoms with van der Waals surface area (Å²) >= 11 is 0. The van der Waals surface area contributed by atoms with Gasteiger partial charge in [-0.05, 0) is 43.9 Å². The van der Waals surface area contributed by atoms with Crippen molar-refractivity contribution in [3.8, 4) is 0 Å². The molecule has 88 valence electrons. The van der Waals surface area contributed by atoms with Crippen molar-refractivity contribution in [1.82, 2.24) is 4.90 Å². The van der Waals surface area contributed by atoms with Crippen molar-refractivity contribution in [2.24, 2.45) is 17.6 Å². The van der Waals surface area contributed by atoms with Crippen LogP contribution in [0.2, 0.25) is 0 Å². The highest BCUT2D eigenvalue weighted by Crippen LogP contribution is 2.34. The van der Waals surface area contributed by atoms with Gasteiger partial charge in [-0.15, -0.1) is 0 Å². The molecule has 2 fully saturated rings. The van der Waals surface area contributed by atoms with E-state index in [0.717, 1.165) is 18.4 Å². The van der Waals surface area contributed by atoms with Crippen molar-refractivity contribution in [3.05, 3.63) is 0 Å². The van der Waals surface area contributed by atoms with Gasteiger partial charge in [0, 0.05) is 25.7 Å². The molecule has 2 aliphatic carbocycles. The zero-order valence-corrected chi connectivity index (χ0v) is 10.1. The maximum atomic E-state index is 5.91. The Hall–Kier alpha value is -0.0800. The van der Waals surface area contributed by atoms with Crippen LogP contribution in [0.4, 0.5) is 0 Å². The summed E-state index contributed by atoms with van der Waals surface area (Å²) < 4.78 is 0. The summed E-state index contributed by atoms with van der Waals surface area (Å²) in [5.74, 6) is 2.02. The van der Waals surface area contributed by atoms with Crippen molar-refractivity contribution in [2.45, 2.75) is 51.5 Å². The third-order valence-electron chi connectivity index (χ3n) is 3.79. The number of nitrogens with zero attached hydrogens (tertiary/aromatic N) is 1. The van der Waals surface area contributed by atoms with Crippen LogP contribution < -0.4 is 5.73 Å². The van der Waals surface area contributed by atoms with Crippen molar-refractivity contribution >= 4 is 0 Å². The minimum atomic E-state index is 0.663. The third-order valence-corrected chi connectivity index (χ3v) is 3.79. The Labute approximate surface area is 94.2 Å². The van der Waals surface area contributed by atoms with Crippen LogP contribution in [0.5, 0.6) is 0 Å². The summed E-state index contributed by atoms with van der Waals surface area (Å²) in [4.78, 5) is 2.71. The number of nitrogens with two attached hydrogens (primary N) is 1. The van der Waals surface area contributed by atoms with E-state index >= 15 is 0 Å². The highest BCUT2D eigenvalue weighted by Gasteiger charge is 2.31. The van der Waals surface area contributed by atoms with E-state index in [1.807, 2.05) is 0 Å². The molecule has 0 aromatic heterocycles. The van der Waals surface area contributed by atoms with Gasteiger partial charge in [-0.1, -0.05) is 13.3 Å². The van der Waals surface area contributed by atoms with Crippen molar-refractivity contribution in [1.29, 1.82) is 0 Å². The lowest BCUT2D eigenvalue weighted by Gasteiger charge is -2.31. The van der Waals surface area contributed by atoms with Gasteiger partial charge >= 0.3 is 0 Å². The van der Waals surface area contributed by atoms with Crippen LogP contribution in [-0.2, 0) is 0 Å². The Morgan fingerprint density at radius 1 is 1.13 bits per heavy atom. The Kier molecular flexibility index (Phi) is 4.04. The molecule has 2 rings (SSSR count). The van der Waals surface area contributed by atoms with Crippen LogP contribution in [0.3, 0.4) is 0 Å². The van der Waals surface area contributed by atoms with E-state index < -0.39 is 0 Å².